The molecule has 6 N–H and O–H groups in total. The first-order chi connectivity index (χ1) is 7.50. The second-order valence-corrected chi connectivity index (χ2v) is 2.65. The van der Waals surface area contributed by atoms with Crippen molar-refractivity contribution in [3.63, 3.8) is 0 Å². The zero-order valence-corrected chi connectivity index (χ0v) is 9.14. The third-order valence-corrected chi connectivity index (χ3v) is 1.49. The number of H-pyrrole nitrogens is 3. The number of hydrogen-bond acceptors (Lipinski definition) is 1. The average molecular weight is 218 g/mol. The first-order valence-electron chi connectivity index (χ1n) is 4.73. The van der Waals surface area contributed by atoms with Crippen LogP contribution in [0.4, 0.5) is 0 Å². The molecule has 0 unspecified atom stereocenters. The Morgan fingerprint density at radius 1 is 0.375 bits per heavy atom. The van der Waals surface area contributed by atoms with Crippen LogP contribution in [-0.2, 0) is 0 Å². The molecule has 3 aromatic heterocycles. The zero-order valence-electron chi connectivity index (χ0n) is 9.14. The summed E-state index contributed by atoms with van der Waals surface area (Å²) in [5, 5.41) is 0. The fraction of sp³-hybridized carbons (Fsp3) is 0. The Kier molecular flexibility index (Phi) is 9.38. The Morgan fingerprint density at radius 3 is 0.625 bits per heavy atom. The summed E-state index contributed by atoms with van der Waals surface area (Å²) in [6, 6.07) is 11.7. The van der Waals surface area contributed by atoms with E-state index in [9.17, 15) is 0 Å². The largest absolute Gasteiger partial charge is 0.368 e. The van der Waals surface area contributed by atoms with Gasteiger partial charge in [0.1, 0.15) is 0 Å². The maximum atomic E-state index is 2.86. The van der Waals surface area contributed by atoms with Crippen molar-refractivity contribution >= 4 is 0 Å². The standard InChI is InChI=1S/3C4H5N.H3N/c3*1-2-4-5-3-1;/h3*1-5H;1H3. The summed E-state index contributed by atoms with van der Waals surface area (Å²) in [5.74, 6) is 0. The van der Waals surface area contributed by atoms with Gasteiger partial charge in [-0.25, -0.2) is 0 Å². The summed E-state index contributed by atoms with van der Waals surface area (Å²) >= 11 is 0. The Morgan fingerprint density at radius 2 is 0.562 bits per heavy atom. The molecule has 16 heavy (non-hydrogen) atoms. The van der Waals surface area contributed by atoms with Crippen molar-refractivity contribution in [3.05, 3.63) is 73.6 Å². The molecule has 3 rings (SSSR count). The SMILES string of the molecule is N.c1cc[nH]c1.c1cc[nH]c1.c1cc[nH]c1. The lowest BCUT2D eigenvalue weighted by Gasteiger charge is -1.49. The molecule has 0 spiro atoms. The molecule has 0 saturated heterocycles. The van der Waals surface area contributed by atoms with Gasteiger partial charge in [0.2, 0.25) is 0 Å². The highest BCUT2D eigenvalue weighted by molar-refractivity contribution is 4.85. The number of hydrogen-bond donors (Lipinski definition) is 4. The number of rotatable bonds is 0. The third kappa shape index (κ3) is 8.40. The molecule has 0 amide bonds. The predicted octanol–water partition coefficient (Wildman–Crippen LogP) is 3.21. The number of aromatic amines is 3. The van der Waals surface area contributed by atoms with Crippen LogP contribution in [0.25, 0.3) is 0 Å². The highest BCUT2D eigenvalue weighted by Gasteiger charge is 1.56. The molecule has 4 heteroatoms. The van der Waals surface area contributed by atoms with Crippen molar-refractivity contribution in [3.8, 4) is 0 Å². The second kappa shape index (κ2) is 10.9. The van der Waals surface area contributed by atoms with E-state index in [4.69, 9.17) is 0 Å². The van der Waals surface area contributed by atoms with E-state index in [1.807, 2.05) is 73.6 Å². The van der Waals surface area contributed by atoms with Crippen molar-refractivity contribution in [1.29, 1.82) is 0 Å². The van der Waals surface area contributed by atoms with E-state index < -0.39 is 0 Å². The van der Waals surface area contributed by atoms with Gasteiger partial charge in [0.05, 0.1) is 0 Å². The average Bonchev–Trinajstić information content (AvgIpc) is 3.09. The maximum Gasteiger partial charge on any atom is 0.000496 e. The molecule has 3 heterocycles. The van der Waals surface area contributed by atoms with Gasteiger partial charge in [-0.1, -0.05) is 0 Å². The second-order valence-electron chi connectivity index (χ2n) is 2.65. The molecule has 0 radical (unpaired) electrons. The first kappa shape index (κ1) is 13.8. The molecule has 0 fully saturated rings. The number of nitrogens with one attached hydrogen (secondary N) is 3. The van der Waals surface area contributed by atoms with Crippen LogP contribution >= 0.6 is 0 Å². The molecule has 0 aliphatic carbocycles. The van der Waals surface area contributed by atoms with Crippen molar-refractivity contribution in [2.75, 3.05) is 0 Å². The van der Waals surface area contributed by atoms with Gasteiger partial charge in [0.25, 0.3) is 0 Å². The van der Waals surface area contributed by atoms with E-state index in [1.54, 1.807) is 0 Å². The van der Waals surface area contributed by atoms with Gasteiger partial charge in [-0.2, -0.15) is 0 Å². The molecule has 4 nitrogen and oxygen atoms in total. The van der Waals surface area contributed by atoms with E-state index in [-0.39, 0.29) is 6.15 Å². The zero-order chi connectivity index (χ0) is 10.6. The highest BCUT2D eigenvalue weighted by Crippen LogP contribution is 1.73. The maximum absolute atomic E-state index is 2.86. The summed E-state index contributed by atoms with van der Waals surface area (Å²) in [6.45, 7) is 0. The minimum atomic E-state index is 0. The van der Waals surface area contributed by atoms with E-state index in [0.717, 1.165) is 0 Å². The smallest absolute Gasteiger partial charge is 0.000496 e. The molecule has 0 atom stereocenters. The van der Waals surface area contributed by atoms with Gasteiger partial charge < -0.3 is 21.1 Å². The molecule has 0 aliphatic heterocycles. The van der Waals surface area contributed by atoms with Crippen molar-refractivity contribution in [1.82, 2.24) is 21.1 Å². The summed E-state index contributed by atoms with van der Waals surface area (Å²) in [7, 11) is 0. The van der Waals surface area contributed by atoms with Gasteiger partial charge in [-0.15, -0.1) is 0 Å². The van der Waals surface area contributed by atoms with Crippen LogP contribution in [0.15, 0.2) is 73.6 Å². The molecular weight excluding hydrogens is 200 g/mol. The van der Waals surface area contributed by atoms with E-state index in [0.29, 0.717) is 0 Å². The monoisotopic (exact) mass is 218 g/mol. The normalized spacial score (nSPS) is 7.50. The van der Waals surface area contributed by atoms with Crippen LogP contribution in [0.5, 0.6) is 0 Å². The molecule has 0 saturated carbocycles. The minimum absolute atomic E-state index is 0. The summed E-state index contributed by atoms with van der Waals surface area (Å²) < 4.78 is 0. The molecule has 86 valence electrons. The van der Waals surface area contributed by atoms with Crippen molar-refractivity contribution in [2.24, 2.45) is 0 Å². The van der Waals surface area contributed by atoms with Gasteiger partial charge in [0.15, 0.2) is 0 Å². The van der Waals surface area contributed by atoms with Gasteiger partial charge >= 0.3 is 0 Å². The van der Waals surface area contributed by atoms with E-state index in [2.05, 4.69) is 15.0 Å². The molecular formula is C12H18N4. The molecule has 3 aromatic rings. The topological polar surface area (TPSA) is 82.4 Å². The summed E-state index contributed by atoms with van der Waals surface area (Å²) in [6.07, 6.45) is 11.2. The van der Waals surface area contributed by atoms with Crippen LogP contribution in [0.2, 0.25) is 0 Å². The Labute approximate surface area is 95.3 Å². The summed E-state index contributed by atoms with van der Waals surface area (Å²) in [4.78, 5) is 8.58. The Bertz CT molecular complexity index is 245. The Balaban J connectivity index is 0.000000205. The van der Waals surface area contributed by atoms with Crippen LogP contribution in [0, 0.1) is 0 Å². The quantitative estimate of drug-likeness (QED) is 0.459. The van der Waals surface area contributed by atoms with Crippen LogP contribution < -0.4 is 6.15 Å². The van der Waals surface area contributed by atoms with Crippen LogP contribution in [-0.4, -0.2) is 15.0 Å². The fourth-order valence-corrected chi connectivity index (χ4v) is 0.833. The highest BCUT2D eigenvalue weighted by atomic mass is 14.6. The molecule has 0 aliphatic rings. The molecule has 0 bridgehead atoms. The fourth-order valence-electron chi connectivity index (χ4n) is 0.833. The molecule has 0 aromatic carbocycles. The first-order valence-corrected chi connectivity index (χ1v) is 4.73. The van der Waals surface area contributed by atoms with E-state index in [1.165, 1.54) is 0 Å². The van der Waals surface area contributed by atoms with Crippen LogP contribution in [0.1, 0.15) is 0 Å². The van der Waals surface area contributed by atoms with Gasteiger partial charge in [-0.3, -0.25) is 0 Å². The lowest BCUT2D eigenvalue weighted by Crippen LogP contribution is -1.38. The van der Waals surface area contributed by atoms with Gasteiger partial charge in [0, 0.05) is 37.2 Å². The third-order valence-electron chi connectivity index (χ3n) is 1.49. The number of aromatic nitrogens is 3. The lowest BCUT2D eigenvalue weighted by molar-refractivity contribution is 1.41. The van der Waals surface area contributed by atoms with Crippen molar-refractivity contribution in [2.45, 2.75) is 0 Å². The van der Waals surface area contributed by atoms with Crippen molar-refractivity contribution < 1.29 is 0 Å². The van der Waals surface area contributed by atoms with Crippen LogP contribution in [0.3, 0.4) is 0 Å². The predicted molar refractivity (Wildman–Crippen MR) is 67.4 cm³/mol. The lowest BCUT2D eigenvalue weighted by atomic mass is 10.7. The van der Waals surface area contributed by atoms with E-state index >= 15 is 0 Å². The van der Waals surface area contributed by atoms with Gasteiger partial charge in [-0.05, 0) is 36.4 Å². The minimum Gasteiger partial charge on any atom is -0.368 e. The Hall–Kier alpha value is -2.20. The summed E-state index contributed by atoms with van der Waals surface area (Å²) in [5.41, 5.74) is 0.